The second-order valence-electron chi connectivity index (χ2n) is 4.94. The fraction of sp³-hybridized carbons (Fsp3) is 0.400. The van der Waals surface area contributed by atoms with E-state index in [1.54, 1.807) is 30.0 Å². The van der Waals surface area contributed by atoms with Crippen LogP contribution in [0.5, 0.6) is 11.5 Å². The van der Waals surface area contributed by atoms with Gasteiger partial charge in [0.05, 0.1) is 24.7 Å². The minimum Gasteiger partial charge on any atom is -0.490 e. The molecule has 0 spiro atoms. The van der Waals surface area contributed by atoms with Gasteiger partial charge in [0.15, 0.2) is 11.5 Å². The van der Waals surface area contributed by atoms with E-state index >= 15 is 0 Å². The van der Waals surface area contributed by atoms with Crippen molar-refractivity contribution < 1.29 is 18.7 Å². The molecule has 9 heteroatoms. The molecule has 1 aromatic heterocycles. The molecular weight excluding hydrogens is 350 g/mol. The highest BCUT2D eigenvalue weighted by Crippen LogP contribution is 2.32. The lowest BCUT2D eigenvalue weighted by Crippen LogP contribution is -2.14. The van der Waals surface area contributed by atoms with Gasteiger partial charge in [-0.3, -0.25) is 4.79 Å². The lowest BCUT2D eigenvalue weighted by Gasteiger charge is -2.10. The maximum absolute atomic E-state index is 12.1. The predicted octanol–water partition coefficient (Wildman–Crippen LogP) is 2.82. The van der Waals surface area contributed by atoms with Gasteiger partial charge in [0, 0.05) is 18.2 Å². The van der Waals surface area contributed by atoms with Crippen LogP contribution >= 0.6 is 23.5 Å². The van der Waals surface area contributed by atoms with Crippen molar-refractivity contribution in [2.45, 2.75) is 17.4 Å². The summed E-state index contributed by atoms with van der Waals surface area (Å²) >= 11 is 2.81. The van der Waals surface area contributed by atoms with E-state index in [1.807, 2.05) is 6.26 Å². The van der Waals surface area contributed by atoms with E-state index in [-0.39, 0.29) is 11.7 Å². The second-order valence-corrected chi connectivity index (χ2v) is 6.74. The summed E-state index contributed by atoms with van der Waals surface area (Å²) in [7, 11) is 0. The summed E-state index contributed by atoms with van der Waals surface area (Å²) in [4.78, 5) is 12.1. The topological polar surface area (TPSA) is 86.5 Å². The van der Waals surface area contributed by atoms with Gasteiger partial charge in [-0.25, -0.2) is 0 Å². The van der Waals surface area contributed by atoms with Gasteiger partial charge in [0.25, 0.3) is 5.22 Å². The summed E-state index contributed by atoms with van der Waals surface area (Å²) in [6.45, 7) is 1.24. The van der Waals surface area contributed by atoms with Gasteiger partial charge in [0.2, 0.25) is 11.8 Å². The lowest BCUT2D eigenvalue weighted by atomic mass is 10.2. The maximum Gasteiger partial charge on any atom is 0.277 e. The Kier molecular flexibility index (Phi) is 5.86. The fourth-order valence-electron chi connectivity index (χ4n) is 2.04. The molecule has 0 saturated carbocycles. The molecule has 3 rings (SSSR count). The number of ether oxygens (including phenoxy) is 2. The van der Waals surface area contributed by atoms with Gasteiger partial charge in [0.1, 0.15) is 0 Å². The number of benzene rings is 1. The molecule has 2 heterocycles. The molecule has 1 amide bonds. The van der Waals surface area contributed by atoms with Crippen molar-refractivity contribution >= 4 is 35.1 Å². The Hall–Kier alpha value is -1.87. The van der Waals surface area contributed by atoms with Gasteiger partial charge >= 0.3 is 0 Å². The summed E-state index contributed by atoms with van der Waals surface area (Å²) in [6.07, 6.45) is 2.80. The second kappa shape index (κ2) is 8.29. The number of carbonyl (C=O) groups excluding carboxylic acids is 1. The van der Waals surface area contributed by atoms with E-state index in [1.165, 1.54) is 11.8 Å². The fourth-order valence-corrected chi connectivity index (χ4v) is 2.99. The van der Waals surface area contributed by atoms with E-state index in [0.29, 0.717) is 47.3 Å². The van der Waals surface area contributed by atoms with E-state index in [4.69, 9.17) is 13.9 Å². The Morgan fingerprint density at radius 3 is 2.92 bits per heavy atom. The van der Waals surface area contributed by atoms with E-state index in [9.17, 15) is 4.79 Å². The monoisotopic (exact) mass is 367 g/mol. The first-order valence-electron chi connectivity index (χ1n) is 7.38. The Morgan fingerprint density at radius 2 is 2.08 bits per heavy atom. The molecule has 24 heavy (non-hydrogen) atoms. The Labute approximate surface area is 147 Å². The molecule has 0 saturated heterocycles. The van der Waals surface area contributed by atoms with Crippen molar-refractivity contribution in [1.29, 1.82) is 0 Å². The van der Waals surface area contributed by atoms with Crippen LogP contribution in [-0.4, -0.2) is 41.3 Å². The largest absolute Gasteiger partial charge is 0.490 e. The first-order chi connectivity index (χ1) is 11.7. The van der Waals surface area contributed by atoms with Crippen LogP contribution in [0.15, 0.2) is 27.8 Å². The molecule has 0 radical (unpaired) electrons. The quantitative estimate of drug-likeness (QED) is 0.780. The van der Waals surface area contributed by atoms with Gasteiger partial charge in [-0.05, 0) is 18.4 Å². The van der Waals surface area contributed by atoms with E-state index < -0.39 is 0 Å². The zero-order valence-corrected chi connectivity index (χ0v) is 14.7. The molecule has 1 aliphatic heterocycles. The summed E-state index contributed by atoms with van der Waals surface area (Å²) < 4.78 is 16.6. The van der Waals surface area contributed by atoms with Crippen molar-refractivity contribution in [2.75, 3.05) is 30.5 Å². The molecule has 7 nitrogen and oxygen atoms in total. The van der Waals surface area contributed by atoms with Crippen molar-refractivity contribution in [3.63, 3.8) is 0 Å². The van der Waals surface area contributed by atoms with Crippen molar-refractivity contribution in [2.24, 2.45) is 0 Å². The minimum atomic E-state index is -0.154. The van der Waals surface area contributed by atoms with E-state index in [0.717, 1.165) is 6.42 Å². The zero-order valence-electron chi connectivity index (χ0n) is 13.1. The molecule has 2 aromatic rings. The van der Waals surface area contributed by atoms with Gasteiger partial charge in [-0.2, -0.15) is 11.8 Å². The van der Waals surface area contributed by atoms with Crippen LogP contribution in [-0.2, 0) is 10.5 Å². The summed E-state index contributed by atoms with van der Waals surface area (Å²) in [5.41, 5.74) is 0.665. The number of thioether (sulfide) groups is 2. The molecule has 1 aromatic carbocycles. The summed E-state index contributed by atoms with van der Waals surface area (Å²) in [6, 6.07) is 5.36. The van der Waals surface area contributed by atoms with Crippen molar-refractivity contribution in [3.05, 3.63) is 24.1 Å². The molecule has 0 atom stereocenters. The number of anilines is 1. The first-order valence-corrected chi connectivity index (χ1v) is 9.76. The molecule has 0 unspecified atom stereocenters. The predicted molar refractivity (Wildman–Crippen MR) is 92.9 cm³/mol. The van der Waals surface area contributed by atoms with Crippen LogP contribution in [0.2, 0.25) is 0 Å². The molecule has 128 valence electrons. The molecule has 1 aliphatic rings. The molecule has 0 bridgehead atoms. The number of nitrogens with one attached hydrogen (secondary N) is 1. The van der Waals surface area contributed by atoms with Crippen molar-refractivity contribution in [1.82, 2.24) is 10.2 Å². The zero-order chi connectivity index (χ0) is 16.8. The third-order valence-electron chi connectivity index (χ3n) is 3.07. The Balaban J connectivity index is 1.53. The van der Waals surface area contributed by atoms with Crippen LogP contribution in [0, 0.1) is 0 Å². The average Bonchev–Trinajstić information content (AvgIpc) is 2.89. The van der Waals surface area contributed by atoms with Crippen LogP contribution in [0.4, 0.5) is 5.69 Å². The van der Waals surface area contributed by atoms with Gasteiger partial charge in [-0.15, -0.1) is 10.2 Å². The van der Waals surface area contributed by atoms with Crippen LogP contribution in [0.3, 0.4) is 0 Å². The normalized spacial score (nSPS) is 13.4. The average molecular weight is 367 g/mol. The number of hydrogen-bond acceptors (Lipinski definition) is 8. The number of nitrogens with zero attached hydrogens (tertiary/aromatic N) is 2. The molecule has 0 fully saturated rings. The maximum atomic E-state index is 12.1. The summed E-state index contributed by atoms with van der Waals surface area (Å²) in [5.74, 6) is 2.61. The summed E-state index contributed by atoms with van der Waals surface area (Å²) in [5, 5.41) is 11.0. The smallest absolute Gasteiger partial charge is 0.277 e. The standard InChI is InChI=1S/C15H17N3O4S2/c1-23-9-14-17-18-15(22-14)24-8-13(19)16-10-3-4-11-12(7-10)21-6-2-5-20-11/h3-4,7H,2,5-6,8-9H2,1H3,(H,16,19). The number of fused-ring (bicyclic) bond motifs is 1. The number of amides is 1. The number of aromatic nitrogens is 2. The number of hydrogen-bond donors (Lipinski definition) is 1. The highest BCUT2D eigenvalue weighted by atomic mass is 32.2. The number of carbonyl (C=O) groups is 1. The SMILES string of the molecule is CSCc1nnc(SCC(=O)Nc2ccc3c(c2)OCCCO3)o1. The minimum absolute atomic E-state index is 0.154. The van der Waals surface area contributed by atoms with Crippen molar-refractivity contribution in [3.8, 4) is 11.5 Å². The Bertz CT molecular complexity index is 708. The number of rotatable bonds is 6. The third-order valence-corrected chi connectivity index (χ3v) is 4.43. The highest BCUT2D eigenvalue weighted by Gasteiger charge is 2.13. The Morgan fingerprint density at radius 1 is 1.25 bits per heavy atom. The third kappa shape index (κ3) is 4.57. The van der Waals surface area contributed by atoms with Gasteiger partial charge in [-0.1, -0.05) is 11.8 Å². The molecule has 0 aliphatic carbocycles. The lowest BCUT2D eigenvalue weighted by molar-refractivity contribution is -0.113. The highest BCUT2D eigenvalue weighted by molar-refractivity contribution is 7.99. The van der Waals surface area contributed by atoms with Crippen LogP contribution in [0.25, 0.3) is 0 Å². The van der Waals surface area contributed by atoms with Gasteiger partial charge < -0.3 is 19.2 Å². The molecular formula is C15H17N3O4S2. The van der Waals surface area contributed by atoms with Crippen LogP contribution in [0.1, 0.15) is 12.3 Å². The van der Waals surface area contributed by atoms with Crippen LogP contribution < -0.4 is 14.8 Å². The molecule has 1 N–H and O–H groups in total. The van der Waals surface area contributed by atoms with E-state index in [2.05, 4.69) is 15.5 Å². The first kappa shape index (κ1) is 17.0.